The van der Waals surface area contributed by atoms with Crippen molar-refractivity contribution >= 4 is 17.7 Å². The summed E-state index contributed by atoms with van der Waals surface area (Å²) in [6.07, 6.45) is 5.41. The van der Waals surface area contributed by atoms with Gasteiger partial charge < -0.3 is 15.3 Å². The minimum atomic E-state index is -0.151. The van der Waals surface area contributed by atoms with Crippen molar-refractivity contribution in [3.05, 3.63) is 113 Å². The van der Waals surface area contributed by atoms with E-state index >= 15 is 0 Å². The summed E-state index contributed by atoms with van der Waals surface area (Å²) < 4.78 is 6.68. The fraction of sp³-hybridized carbons (Fsp3) is 0.103. The topological polar surface area (TPSA) is 65.3 Å². The number of benzene rings is 3. The van der Waals surface area contributed by atoms with Gasteiger partial charge in [-0.05, 0) is 60.0 Å². The zero-order chi connectivity index (χ0) is 23.5. The highest BCUT2D eigenvalue weighted by atomic mass is 16.5. The molecule has 0 radical (unpaired) electrons. The third-order valence-electron chi connectivity index (χ3n) is 5.90. The second kappa shape index (κ2) is 9.24. The summed E-state index contributed by atoms with van der Waals surface area (Å²) in [5, 5.41) is 14.5. The molecule has 168 valence electrons. The van der Waals surface area contributed by atoms with Crippen molar-refractivity contribution in [2.24, 2.45) is 0 Å². The first-order valence-electron chi connectivity index (χ1n) is 11.2. The molecule has 5 rings (SSSR count). The van der Waals surface area contributed by atoms with Crippen LogP contribution in [0.2, 0.25) is 0 Å². The smallest absolute Gasteiger partial charge is 0.251 e. The van der Waals surface area contributed by atoms with Crippen LogP contribution in [0.15, 0.2) is 96.8 Å². The maximum absolute atomic E-state index is 13.0. The quantitative estimate of drug-likeness (QED) is 0.319. The molecule has 0 bridgehead atoms. The van der Waals surface area contributed by atoms with E-state index in [2.05, 4.69) is 42.6 Å². The van der Waals surface area contributed by atoms with Crippen LogP contribution < -0.4 is 14.8 Å². The zero-order valence-corrected chi connectivity index (χ0v) is 18.8. The zero-order valence-electron chi connectivity index (χ0n) is 18.8. The van der Waals surface area contributed by atoms with E-state index in [4.69, 9.17) is 4.74 Å². The Morgan fingerprint density at radius 2 is 1.62 bits per heavy atom. The highest BCUT2D eigenvalue weighted by molar-refractivity contribution is 6.07. The third-order valence-corrected chi connectivity index (χ3v) is 5.90. The van der Waals surface area contributed by atoms with E-state index in [9.17, 15) is 10.0 Å². The third kappa shape index (κ3) is 4.69. The number of carbonyl (C=O) groups excluding carboxylic acids is 1. The van der Waals surface area contributed by atoms with Crippen LogP contribution >= 0.6 is 0 Å². The van der Waals surface area contributed by atoms with Gasteiger partial charge in [-0.3, -0.25) is 4.79 Å². The first kappa shape index (κ1) is 21.5. The van der Waals surface area contributed by atoms with E-state index in [1.54, 1.807) is 6.07 Å². The Hall–Kier alpha value is -4.38. The lowest BCUT2D eigenvalue weighted by Crippen LogP contribution is -2.23. The van der Waals surface area contributed by atoms with Crippen molar-refractivity contribution in [1.82, 2.24) is 0 Å². The number of amides is 1. The van der Waals surface area contributed by atoms with Gasteiger partial charge in [0.25, 0.3) is 5.91 Å². The highest BCUT2D eigenvalue weighted by Crippen LogP contribution is 2.31. The van der Waals surface area contributed by atoms with E-state index in [1.165, 1.54) is 18.0 Å². The Balaban J connectivity index is 1.36. The minimum absolute atomic E-state index is 0.151. The van der Waals surface area contributed by atoms with Gasteiger partial charge in [-0.15, -0.1) is 0 Å². The lowest BCUT2D eigenvalue weighted by molar-refractivity contribution is -0.604. The van der Waals surface area contributed by atoms with Crippen molar-refractivity contribution < 1.29 is 14.3 Å². The number of fused-ring (bicyclic) bond motifs is 1. The molecular formula is C29H24N2O3. The van der Waals surface area contributed by atoms with Gasteiger partial charge in [0.1, 0.15) is 5.75 Å². The molecule has 1 aromatic heterocycles. The normalized spacial score (nSPS) is 12.7. The molecule has 0 fully saturated rings. The highest BCUT2D eigenvalue weighted by Gasteiger charge is 2.16. The molecule has 1 aliphatic heterocycles. The molecule has 0 saturated carbocycles. The molecule has 5 nitrogen and oxygen atoms in total. The second-order valence-electron chi connectivity index (χ2n) is 8.37. The number of pyridine rings is 1. The van der Waals surface area contributed by atoms with Crippen molar-refractivity contribution in [3.8, 4) is 28.0 Å². The van der Waals surface area contributed by atoms with Crippen LogP contribution in [0.5, 0.6) is 5.75 Å². The van der Waals surface area contributed by atoms with E-state index in [0.717, 1.165) is 38.3 Å². The minimum Gasteiger partial charge on any atom is -0.619 e. The molecule has 1 aliphatic rings. The molecular weight excluding hydrogens is 424 g/mol. The lowest BCUT2D eigenvalue weighted by atomic mass is 10.00. The van der Waals surface area contributed by atoms with Crippen molar-refractivity contribution in [1.29, 1.82) is 0 Å². The number of anilines is 1. The molecule has 0 atom stereocenters. The molecule has 3 aromatic carbocycles. The first-order valence-corrected chi connectivity index (χ1v) is 11.2. The monoisotopic (exact) mass is 448 g/mol. The molecule has 2 heterocycles. The summed E-state index contributed by atoms with van der Waals surface area (Å²) in [4.78, 5) is 13.0. The SMILES string of the molecule is Cc1ccc(-c2ccc3c(c2)C=C(C(=O)Nc2ccc(-c4ccc[n+]([O-])c4)cc2)CCO3)cc1. The summed E-state index contributed by atoms with van der Waals surface area (Å²) in [6.45, 7) is 2.51. The molecule has 4 aromatic rings. The number of aryl methyl sites for hydroxylation is 1. The number of nitrogens with one attached hydrogen (secondary N) is 1. The fourth-order valence-electron chi connectivity index (χ4n) is 4.01. The van der Waals surface area contributed by atoms with Gasteiger partial charge in [0.15, 0.2) is 12.4 Å². The van der Waals surface area contributed by atoms with E-state index in [1.807, 2.05) is 48.5 Å². The van der Waals surface area contributed by atoms with Gasteiger partial charge >= 0.3 is 0 Å². The number of aromatic nitrogens is 1. The van der Waals surface area contributed by atoms with Crippen LogP contribution in [0.1, 0.15) is 17.5 Å². The Bertz CT molecular complexity index is 1370. The number of ether oxygens (including phenoxy) is 1. The van der Waals surface area contributed by atoms with Crippen LogP contribution in [0.25, 0.3) is 28.3 Å². The van der Waals surface area contributed by atoms with Gasteiger partial charge in [-0.2, -0.15) is 4.73 Å². The van der Waals surface area contributed by atoms with E-state index in [-0.39, 0.29) is 5.91 Å². The van der Waals surface area contributed by atoms with Crippen LogP contribution in [-0.4, -0.2) is 12.5 Å². The maximum atomic E-state index is 13.0. The van der Waals surface area contributed by atoms with Gasteiger partial charge in [0.2, 0.25) is 0 Å². The number of carbonyl (C=O) groups is 1. The van der Waals surface area contributed by atoms with Crippen LogP contribution in [0.4, 0.5) is 5.69 Å². The summed E-state index contributed by atoms with van der Waals surface area (Å²) in [5.74, 6) is 0.628. The largest absolute Gasteiger partial charge is 0.619 e. The first-order chi connectivity index (χ1) is 16.5. The molecule has 1 N–H and O–H groups in total. The van der Waals surface area contributed by atoms with Gasteiger partial charge in [0, 0.05) is 34.9 Å². The Kier molecular flexibility index (Phi) is 5.83. The standard InChI is InChI=1S/C29H24N2O3/c1-20-4-6-21(7-5-20)23-10-13-28-26(17-23)18-24(14-16-34-28)29(32)30-27-11-8-22(9-12-27)25-3-2-15-31(33)19-25/h2-13,15,17-19H,14,16H2,1H3,(H,30,32). The fourth-order valence-corrected chi connectivity index (χ4v) is 4.01. The van der Waals surface area contributed by atoms with Gasteiger partial charge in [-0.25, -0.2) is 0 Å². The van der Waals surface area contributed by atoms with Crippen LogP contribution in [-0.2, 0) is 4.79 Å². The Labute approximate surface area is 198 Å². The van der Waals surface area contributed by atoms with Gasteiger partial charge in [0.05, 0.1) is 6.61 Å². The van der Waals surface area contributed by atoms with Crippen LogP contribution in [0, 0.1) is 12.1 Å². The van der Waals surface area contributed by atoms with E-state index < -0.39 is 0 Å². The average molecular weight is 449 g/mol. The molecule has 34 heavy (non-hydrogen) atoms. The number of nitrogens with zero attached hydrogens (tertiary/aromatic N) is 1. The van der Waals surface area contributed by atoms with Gasteiger partial charge in [-0.1, -0.05) is 48.0 Å². The summed E-state index contributed by atoms with van der Waals surface area (Å²) >= 11 is 0. The maximum Gasteiger partial charge on any atom is 0.251 e. The Morgan fingerprint density at radius 3 is 2.38 bits per heavy atom. The van der Waals surface area contributed by atoms with Crippen molar-refractivity contribution in [2.75, 3.05) is 11.9 Å². The van der Waals surface area contributed by atoms with Crippen molar-refractivity contribution in [2.45, 2.75) is 13.3 Å². The summed E-state index contributed by atoms with van der Waals surface area (Å²) in [6, 6.07) is 25.5. The van der Waals surface area contributed by atoms with Crippen molar-refractivity contribution in [3.63, 3.8) is 0 Å². The molecule has 1 amide bonds. The molecule has 0 saturated heterocycles. The molecule has 5 heteroatoms. The Morgan fingerprint density at radius 1 is 0.912 bits per heavy atom. The second-order valence-corrected chi connectivity index (χ2v) is 8.37. The number of hydrogen-bond donors (Lipinski definition) is 1. The summed E-state index contributed by atoms with van der Waals surface area (Å²) in [7, 11) is 0. The molecule has 0 spiro atoms. The number of hydrogen-bond acceptors (Lipinski definition) is 3. The summed E-state index contributed by atoms with van der Waals surface area (Å²) in [5.41, 5.74) is 7.40. The molecule has 0 aliphatic carbocycles. The number of rotatable bonds is 4. The predicted octanol–water partition coefficient (Wildman–Crippen LogP) is 5.77. The lowest BCUT2D eigenvalue weighted by Gasteiger charge is -2.09. The van der Waals surface area contributed by atoms with Crippen LogP contribution in [0.3, 0.4) is 0 Å². The average Bonchev–Trinajstić information content (AvgIpc) is 3.07. The predicted molar refractivity (Wildman–Crippen MR) is 134 cm³/mol. The molecule has 0 unspecified atom stereocenters. The van der Waals surface area contributed by atoms with E-state index in [0.29, 0.717) is 24.3 Å².